The maximum absolute atomic E-state index is 12.2. The van der Waals surface area contributed by atoms with Gasteiger partial charge in [-0.05, 0) is 43.9 Å². The number of nitrogens with one attached hydrogen (secondary N) is 3. The Morgan fingerprint density at radius 1 is 1.31 bits per heavy atom. The molecule has 2 atom stereocenters. The highest BCUT2D eigenvalue weighted by Gasteiger charge is 2.23. The van der Waals surface area contributed by atoms with E-state index in [4.69, 9.17) is 4.74 Å². The van der Waals surface area contributed by atoms with E-state index < -0.39 is 0 Å². The number of guanidine groups is 1. The number of hydrogen-bond acceptors (Lipinski definition) is 3. The van der Waals surface area contributed by atoms with Crippen LogP contribution in [0.15, 0.2) is 29.3 Å². The van der Waals surface area contributed by atoms with Crippen LogP contribution in [0, 0.1) is 0 Å². The zero-order chi connectivity index (χ0) is 20.2. The Morgan fingerprint density at radius 2 is 2.14 bits per heavy atom. The van der Waals surface area contributed by atoms with Crippen molar-refractivity contribution in [3.63, 3.8) is 0 Å². The highest BCUT2D eigenvalue weighted by atomic mass is 127. The van der Waals surface area contributed by atoms with Crippen molar-refractivity contribution >= 4 is 41.5 Å². The lowest BCUT2D eigenvalue weighted by molar-refractivity contribution is -0.124. The van der Waals surface area contributed by atoms with Gasteiger partial charge in [0.1, 0.15) is 6.10 Å². The van der Waals surface area contributed by atoms with Crippen LogP contribution in [0.5, 0.6) is 0 Å². The molecule has 0 bridgehead atoms. The van der Waals surface area contributed by atoms with Crippen LogP contribution in [0.3, 0.4) is 0 Å². The molecule has 1 aliphatic heterocycles. The number of ether oxygens (including phenoxy) is 1. The second kappa shape index (κ2) is 14.6. The number of amides is 1. The molecule has 1 saturated heterocycles. The van der Waals surface area contributed by atoms with Crippen molar-refractivity contribution in [1.82, 2.24) is 10.6 Å². The van der Waals surface area contributed by atoms with Crippen molar-refractivity contribution in [2.24, 2.45) is 4.99 Å². The lowest BCUT2D eigenvalue weighted by Gasteiger charge is -2.18. The monoisotopic (exact) mass is 516 g/mol. The molecule has 7 heteroatoms. The lowest BCUT2D eigenvalue weighted by Crippen LogP contribution is -2.41. The summed E-state index contributed by atoms with van der Waals surface area (Å²) in [6.07, 6.45) is 7.67. The summed E-state index contributed by atoms with van der Waals surface area (Å²) in [7, 11) is 1.79. The molecular weight excluding hydrogens is 479 g/mol. The Hall–Kier alpha value is -1.35. The number of hydrogen-bond donors (Lipinski definition) is 3. The average molecular weight is 516 g/mol. The second-order valence-electron chi connectivity index (χ2n) is 7.51. The fraction of sp³-hybridized carbons (Fsp3) is 0.636. The predicted molar refractivity (Wildman–Crippen MR) is 131 cm³/mol. The molecule has 6 nitrogen and oxygen atoms in total. The molecule has 2 rings (SSSR count). The lowest BCUT2D eigenvalue weighted by atomic mass is 10.1. The normalized spacial score (nSPS) is 17.3. The summed E-state index contributed by atoms with van der Waals surface area (Å²) in [5, 5.41) is 9.76. The van der Waals surface area contributed by atoms with Crippen LogP contribution < -0.4 is 16.0 Å². The van der Waals surface area contributed by atoms with Gasteiger partial charge in [-0.15, -0.1) is 24.0 Å². The highest BCUT2D eigenvalue weighted by molar-refractivity contribution is 14.0. The third kappa shape index (κ3) is 9.80. The molecule has 2 unspecified atom stereocenters. The van der Waals surface area contributed by atoms with Gasteiger partial charge in [0.2, 0.25) is 0 Å². The molecule has 1 aliphatic rings. The number of rotatable bonds is 10. The second-order valence-corrected chi connectivity index (χ2v) is 7.51. The quantitative estimate of drug-likeness (QED) is 0.186. The van der Waals surface area contributed by atoms with E-state index >= 15 is 0 Å². The summed E-state index contributed by atoms with van der Waals surface area (Å²) in [5.74, 6) is 0.744. The first-order valence-electron chi connectivity index (χ1n) is 10.6. The molecule has 0 aromatic heterocycles. The van der Waals surface area contributed by atoms with E-state index in [9.17, 15) is 4.79 Å². The summed E-state index contributed by atoms with van der Waals surface area (Å²) in [4.78, 5) is 16.5. The fourth-order valence-electron chi connectivity index (χ4n) is 3.33. The van der Waals surface area contributed by atoms with E-state index in [2.05, 4.69) is 34.8 Å². The van der Waals surface area contributed by atoms with Crippen LogP contribution in [-0.4, -0.2) is 37.7 Å². The maximum atomic E-state index is 12.2. The van der Waals surface area contributed by atoms with Crippen LogP contribution in [0.4, 0.5) is 5.69 Å². The first-order valence-corrected chi connectivity index (χ1v) is 10.6. The van der Waals surface area contributed by atoms with Crippen molar-refractivity contribution in [2.45, 2.75) is 77.5 Å². The van der Waals surface area contributed by atoms with Gasteiger partial charge < -0.3 is 20.7 Å². The van der Waals surface area contributed by atoms with E-state index in [0.29, 0.717) is 19.2 Å². The highest BCUT2D eigenvalue weighted by Crippen LogP contribution is 2.16. The average Bonchev–Trinajstić information content (AvgIpc) is 3.24. The summed E-state index contributed by atoms with van der Waals surface area (Å²) in [5.41, 5.74) is 1.88. The number of unbranched alkanes of at least 4 members (excludes halogenated alkanes) is 3. The molecular formula is C22H37IN4O2. The standard InChI is InChI=1S/C22H36N4O2.HI/c1-4-5-6-7-10-17(2)25-22(23-3)24-16-18-11-8-12-19(15-18)26-21(27)20-13-9-14-28-20;/h8,11-12,15,17,20H,4-7,9-10,13-14,16H2,1-3H3,(H,26,27)(H2,23,24,25);1H. The molecule has 1 aromatic carbocycles. The molecule has 3 N–H and O–H groups in total. The molecule has 1 amide bonds. The minimum Gasteiger partial charge on any atom is -0.368 e. The fourth-order valence-corrected chi connectivity index (χ4v) is 3.33. The number of anilines is 1. The molecule has 0 radical (unpaired) electrons. The van der Waals surface area contributed by atoms with Gasteiger partial charge in [0.05, 0.1) is 0 Å². The maximum Gasteiger partial charge on any atom is 0.253 e. The Kier molecular flexibility index (Phi) is 12.9. The van der Waals surface area contributed by atoms with Crippen LogP contribution in [0.25, 0.3) is 0 Å². The summed E-state index contributed by atoms with van der Waals surface area (Å²) >= 11 is 0. The molecule has 1 aromatic rings. The van der Waals surface area contributed by atoms with Gasteiger partial charge in [-0.3, -0.25) is 9.79 Å². The summed E-state index contributed by atoms with van der Waals surface area (Å²) in [6.45, 7) is 5.74. The zero-order valence-electron chi connectivity index (χ0n) is 18.0. The molecule has 1 fully saturated rings. The zero-order valence-corrected chi connectivity index (χ0v) is 20.3. The van der Waals surface area contributed by atoms with E-state index in [0.717, 1.165) is 36.5 Å². The SMILES string of the molecule is CCCCCCC(C)NC(=NC)NCc1cccc(NC(=O)C2CCCO2)c1.I. The molecule has 0 aliphatic carbocycles. The third-order valence-electron chi connectivity index (χ3n) is 4.97. The van der Waals surface area contributed by atoms with Crippen molar-refractivity contribution in [3.8, 4) is 0 Å². The number of nitrogens with zero attached hydrogens (tertiary/aromatic N) is 1. The number of carbonyl (C=O) groups excluding carboxylic acids is 1. The van der Waals surface area contributed by atoms with Crippen molar-refractivity contribution in [2.75, 3.05) is 19.0 Å². The Labute approximate surface area is 192 Å². The Morgan fingerprint density at radius 3 is 2.83 bits per heavy atom. The van der Waals surface area contributed by atoms with Crippen LogP contribution in [-0.2, 0) is 16.1 Å². The minimum atomic E-state index is -0.316. The topological polar surface area (TPSA) is 74.8 Å². The van der Waals surface area contributed by atoms with Crippen molar-refractivity contribution in [3.05, 3.63) is 29.8 Å². The van der Waals surface area contributed by atoms with Gasteiger partial charge in [-0.2, -0.15) is 0 Å². The Bertz CT molecular complexity index is 633. The first-order chi connectivity index (χ1) is 13.6. The molecule has 0 spiro atoms. The van der Waals surface area contributed by atoms with Gasteiger partial charge in [0, 0.05) is 31.9 Å². The van der Waals surface area contributed by atoms with E-state index in [1.54, 1.807) is 7.05 Å². The predicted octanol–water partition coefficient (Wildman–Crippen LogP) is 4.45. The summed E-state index contributed by atoms with van der Waals surface area (Å²) in [6, 6.07) is 8.27. The van der Waals surface area contributed by atoms with Crippen molar-refractivity contribution in [1.29, 1.82) is 0 Å². The van der Waals surface area contributed by atoms with Crippen LogP contribution in [0.2, 0.25) is 0 Å². The van der Waals surface area contributed by atoms with E-state index in [-0.39, 0.29) is 36.0 Å². The number of halogens is 1. The molecule has 164 valence electrons. The molecule has 0 saturated carbocycles. The largest absolute Gasteiger partial charge is 0.368 e. The smallest absolute Gasteiger partial charge is 0.253 e. The summed E-state index contributed by atoms with van der Waals surface area (Å²) < 4.78 is 5.44. The molecule has 29 heavy (non-hydrogen) atoms. The van der Waals surface area contributed by atoms with Gasteiger partial charge >= 0.3 is 0 Å². The Balaban J connectivity index is 0.00000420. The molecule has 1 heterocycles. The number of carbonyl (C=O) groups is 1. The van der Waals surface area contributed by atoms with E-state index in [1.165, 1.54) is 25.7 Å². The van der Waals surface area contributed by atoms with Gasteiger partial charge in [-0.25, -0.2) is 0 Å². The third-order valence-corrected chi connectivity index (χ3v) is 4.97. The van der Waals surface area contributed by atoms with Gasteiger partial charge in [0.25, 0.3) is 5.91 Å². The van der Waals surface area contributed by atoms with Gasteiger partial charge in [0.15, 0.2) is 5.96 Å². The number of aliphatic imine (C=N–C) groups is 1. The van der Waals surface area contributed by atoms with Crippen LogP contribution in [0.1, 0.15) is 64.4 Å². The first kappa shape index (κ1) is 25.7. The van der Waals surface area contributed by atoms with Crippen LogP contribution >= 0.6 is 24.0 Å². The minimum absolute atomic E-state index is 0. The van der Waals surface area contributed by atoms with Gasteiger partial charge in [-0.1, -0.05) is 44.7 Å². The number of benzene rings is 1. The van der Waals surface area contributed by atoms with E-state index in [1.807, 2.05) is 24.3 Å². The van der Waals surface area contributed by atoms with Crippen molar-refractivity contribution < 1.29 is 9.53 Å².